The monoisotopic (exact) mass is 198 g/mol. The molecule has 1 atom stereocenters. The molecule has 1 rings (SSSR count). The molecule has 0 heterocycles. The third kappa shape index (κ3) is 2.68. The molecule has 78 valence electrons. The molecule has 0 saturated heterocycles. The van der Waals surface area contributed by atoms with Gasteiger partial charge in [0.1, 0.15) is 0 Å². The molecule has 0 fully saturated rings. The van der Waals surface area contributed by atoms with Crippen LogP contribution in [0.15, 0.2) is 18.2 Å². The first-order valence-corrected chi connectivity index (χ1v) is 4.59. The number of hydrogen-bond donors (Lipinski definition) is 3. The van der Waals surface area contributed by atoms with Crippen LogP contribution in [0.2, 0.25) is 0 Å². The fourth-order valence-electron chi connectivity index (χ4n) is 1.26. The minimum absolute atomic E-state index is 0.214. The van der Waals surface area contributed by atoms with Gasteiger partial charge in [0.05, 0.1) is 0 Å². The van der Waals surface area contributed by atoms with Crippen LogP contribution in [0.25, 0.3) is 0 Å². The van der Waals surface area contributed by atoms with Gasteiger partial charge in [0, 0.05) is 6.04 Å². The molecule has 0 amide bonds. The van der Waals surface area contributed by atoms with E-state index in [4.69, 9.17) is 16.6 Å². The lowest BCUT2D eigenvalue weighted by molar-refractivity contribution is 0.431. The second-order valence-corrected chi connectivity index (χ2v) is 3.25. The first-order valence-electron chi connectivity index (χ1n) is 4.59. The van der Waals surface area contributed by atoms with Crippen LogP contribution < -0.4 is 11.5 Å². The van der Waals surface area contributed by atoms with Gasteiger partial charge in [-0.2, -0.15) is 0 Å². The lowest BCUT2D eigenvalue weighted by Crippen LogP contribution is -2.12. The van der Waals surface area contributed by atoms with E-state index in [1.54, 1.807) is 6.07 Å². The van der Waals surface area contributed by atoms with E-state index in [-0.39, 0.29) is 11.8 Å². The lowest BCUT2D eigenvalue weighted by Gasteiger charge is -2.11. The highest BCUT2D eigenvalue weighted by Crippen LogP contribution is 2.21. The SMILES string of the molecule is NCCC[C@@H](N)c1ccc(O)c(F)c1. The molecule has 0 aliphatic heterocycles. The van der Waals surface area contributed by atoms with Crippen LogP contribution in [-0.4, -0.2) is 11.7 Å². The Bertz CT molecular complexity index is 304. The van der Waals surface area contributed by atoms with Crippen molar-refractivity contribution in [2.45, 2.75) is 18.9 Å². The van der Waals surface area contributed by atoms with Crippen LogP contribution in [0.5, 0.6) is 5.75 Å². The molecule has 5 N–H and O–H groups in total. The Kier molecular flexibility index (Phi) is 3.85. The Morgan fingerprint density at radius 1 is 1.43 bits per heavy atom. The van der Waals surface area contributed by atoms with Gasteiger partial charge in [-0.25, -0.2) is 4.39 Å². The molecule has 0 spiro atoms. The van der Waals surface area contributed by atoms with Crippen LogP contribution in [0.1, 0.15) is 24.4 Å². The van der Waals surface area contributed by atoms with Crippen LogP contribution in [0.3, 0.4) is 0 Å². The molecular formula is C10H15FN2O. The highest BCUT2D eigenvalue weighted by atomic mass is 19.1. The molecular weight excluding hydrogens is 183 g/mol. The molecule has 0 aliphatic rings. The molecule has 14 heavy (non-hydrogen) atoms. The second-order valence-electron chi connectivity index (χ2n) is 3.25. The van der Waals surface area contributed by atoms with Crippen molar-refractivity contribution in [3.05, 3.63) is 29.6 Å². The van der Waals surface area contributed by atoms with E-state index in [1.807, 2.05) is 0 Å². The largest absolute Gasteiger partial charge is 0.505 e. The molecule has 3 nitrogen and oxygen atoms in total. The number of rotatable bonds is 4. The Morgan fingerprint density at radius 3 is 2.71 bits per heavy atom. The van der Waals surface area contributed by atoms with Gasteiger partial charge in [-0.1, -0.05) is 6.07 Å². The topological polar surface area (TPSA) is 72.3 Å². The Balaban J connectivity index is 2.70. The van der Waals surface area contributed by atoms with Crippen molar-refractivity contribution in [3.8, 4) is 5.75 Å². The highest BCUT2D eigenvalue weighted by Gasteiger charge is 2.08. The molecule has 0 saturated carbocycles. The summed E-state index contributed by atoms with van der Waals surface area (Å²) < 4.78 is 12.9. The van der Waals surface area contributed by atoms with Gasteiger partial charge in [-0.15, -0.1) is 0 Å². The van der Waals surface area contributed by atoms with E-state index in [9.17, 15) is 4.39 Å². The van der Waals surface area contributed by atoms with Crippen LogP contribution >= 0.6 is 0 Å². The molecule has 1 aromatic rings. The number of hydrogen-bond acceptors (Lipinski definition) is 3. The summed E-state index contributed by atoms with van der Waals surface area (Å²) in [6.07, 6.45) is 1.53. The Hall–Kier alpha value is -1.13. The minimum atomic E-state index is -0.634. The summed E-state index contributed by atoms with van der Waals surface area (Å²) >= 11 is 0. The predicted octanol–water partition coefficient (Wildman–Crippen LogP) is 1.27. The van der Waals surface area contributed by atoms with E-state index >= 15 is 0 Å². The summed E-state index contributed by atoms with van der Waals surface area (Å²) in [5.74, 6) is -0.981. The fourth-order valence-corrected chi connectivity index (χ4v) is 1.26. The van der Waals surface area contributed by atoms with Gasteiger partial charge in [-0.3, -0.25) is 0 Å². The molecule has 0 unspecified atom stereocenters. The fraction of sp³-hybridized carbons (Fsp3) is 0.400. The van der Waals surface area contributed by atoms with Crippen molar-refractivity contribution in [1.82, 2.24) is 0 Å². The maximum Gasteiger partial charge on any atom is 0.165 e. The van der Waals surface area contributed by atoms with Gasteiger partial charge in [0.15, 0.2) is 11.6 Å². The number of aromatic hydroxyl groups is 1. The van der Waals surface area contributed by atoms with E-state index in [0.29, 0.717) is 12.1 Å². The maximum atomic E-state index is 12.9. The van der Waals surface area contributed by atoms with Crippen molar-refractivity contribution in [1.29, 1.82) is 0 Å². The average Bonchev–Trinajstić information content (AvgIpc) is 2.18. The van der Waals surface area contributed by atoms with Gasteiger partial charge < -0.3 is 16.6 Å². The average molecular weight is 198 g/mol. The molecule has 1 aromatic carbocycles. The standard InChI is InChI=1S/C10H15FN2O/c11-8-6-7(3-4-10(8)14)9(13)2-1-5-12/h3-4,6,9,14H,1-2,5,12-13H2/t9-/m1/s1. The normalized spacial score (nSPS) is 12.8. The van der Waals surface area contributed by atoms with Crippen LogP contribution in [-0.2, 0) is 0 Å². The van der Waals surface area contributed by atoms with Gasteiger partial charge in [0.2, 0.25) is 0 Å². The zero-order valence-corrected chi connectivity index (χ0v) is 7.91. The van der Waals surface area contributed by atoms with Gasteiger partial charge in [-0.05, 0) is 37.1 Å². The Labute approximate surface area is 82.5 Å². The number of nitrogens with two attached hydrogens (primary N) is 2. The lowest BCUT2D eigenvalue weighted by atomic mass is 10.0. The van der Waals surface area contributed by atoms with Gasteiger partial charge in [0.25, 0.3) is 0 Å². The first-order chi connectivity index (χ1) is 6.65. The molecule has 4 heteroatoms. The van der Waals surface area contributed by atoms with E-state index in [1.165, 1.54) is 12.1 Å². The predicted molar refractivity (Wildman–Crippen MR) is 53.3 cm³/mol. The molecule has 0 bridgehead atoms. The zero-order chi connectivity index (χ0) is 10.6. The third-order valence-corrected chi connectivity index (χ3v) is 2.12. The summed E-state index contributed by atoms with van der Waals surface area (Å²) in [5, 5.41) is 8.97. The number of halogens is 1. The van der Waals surface area contributed by atoms with E-state index in [2.05, 4.69) is 0 Å². The summed E-state index contributed by atoms with van der Waals surface area (Å²) in [6.45, 7) is 0.578. The van der Waals surface area contributed by atoms with Crippen LogP contribution in [0.4, 0.5) is 4.39 Å². The van der Waals surface area contributed by atoms with E-state index in [0.717, 1.165) is 12.8 Å². The zero-order valence-electron chi connectivity index (χ0n) is 7.91. The molecule has 0 aromatic heterocycles. The summed E-state index contributed by atoms with van der Waals surface area (Å²) in [5.41, 5.74) is 11.8. The van der Waals surface area contributed by atoms with Crippen molar-refractivity contribution >= 4 is 0 Å². The summed E-state index contributed by atoms with van der Waals surface area (Å²) in [6, 6.07) is 3.98. The quantitative estimate of drug-likeness (QED) is 0.682. The number of benzene rings is 1. The molecule has 0 aliphatic carbocycles. The van der Waals surface area contributed by atoms with Crippen molar-refractivity contribution in [2.24, 2.45) is 11.5 Å². The highest BCUT2D eigenvalue weighted by molar-refractivity contribution is 5.29. The van der Waals surface area contributed by atoms with Crippen molar-refractivity contribution in [2.75, 3.05) is 6.54 Å². The van der Waals surface area contributed by atoms with Crippen molar-refractivity contribution in [3.63, 3.8) is 0 Å². The first kappa shape index (κ1) is 10.9. The number of phenols is 1. The second kappa shape index (κ2) is 4.93. The smallest absolute Gasteiger partial charge is 0.165 e. The summed E-state index contributed by atoms with van der Waals surface area (Å²) in [4.78, 5) is 0. The maximum absolute atomic E-state index is 12.9. The Morgan fingerprint density at radius 2 is 2.14 bits per heavy atom. The van der Waals surface area contributed by atoms with Crippen molar-refractivity contribution < 1.29 is 9.50 Å². The summed E-state index contributed by atoms with van der Waals surface area (Å²) in [7, 11) is 0. The minimum Gasteiger partial charge on any atom is -0.505 e. The van der Waals surface area contributed by atoms with E-state index < -0.39 is 5.82 Å². The third-order valence-electron chi connectivity index (χ3n) is 2.12. The molecule has 0 radical (unpaired) electrons. The van der Waals surface area contributed by atoms with Crippen LogP contribution in [0, 0.1) is 5.82 Å². The number of phenolic OH excluding ortho intramolecular Hbond substituents is 1. The van der Waals surface area contributed by atoms with Gasteiger partial charge >= 0.3 is 0 Å².